The van der Waals surface area contributed by atoms with Crippen molar-refractivity contribution in [2.45, 2.75) is 37.6 Å². The van der Waals surface area contributed by atoms with Gasteiger partial charge in [-0.25, -0.2) is 0 Å². The van der Waals surface area contributed by atoms with Gasteiger partial charge in [-0.1, -0.05) is 24.3 Å². The summed E-state index contributed by atoms with van der Waals surface area (Å²) in [5.74, 6) is 2.16. The van der Waals surface area contributed by atoms with Crippen LogP contribution in [0.15, 0.2) is 29.3 Å². The molecular weight excluding hydrogens is 344 g/mol. The summed E-state index contributed by atoms with van der Waals surface area (Å²) in [6.45, 7) is 8.88. The first kappa shape index (κ1) is 19.5. The van der Waals surface area contributed by atoms with E-state index in [4.69, 9.17) is 4.74 Å². The van der Waals surface area contributed by atoms with Crippen molar-refractivity contribution < 1.29 is 4.74 Å². The molecule has 2 heterocycles. The first-order chi connectivity index (χ1) is 12.7. The molecule has 0 aromatic heterocycles. The SMILES string of the molecule is CN=C(NCc1ccc(CN2CCOCC2)cc1)NCC1(C)CCCS1. The van der Waals surface area contributed by atoms with Crippen LogP contribution in [0.1, 0.15) is 30.9 Å². The minimum absolute atomic E-state index is 0.346. The number of morpholine rings is 1. The Morgan fingerprint density at radius 3 is 2.58 bits per heavy atom. The van der Waals surface area contributed by atoms with Gasteiger partial charge in [0.25, 0.3) is 0 Å². The Labute approximate surface area is 162 Å². The van der Waals surface area contributed by atoms with Gasteiger partial charge in [0.2, 0.25) is 0 Å². The molecule has 1 atom stereocenters. The van der Waals surface area contributed by atoms with Gasteiger partial charge in [-0.2, -0.15) is 11.8 Å². The maximum atomic E-state index is 5.41. The fourth-order valence-electron chi connectivity index (χ4n) is 3.43. The number of benzene rings is 1. The molecule has 3 rings (SSSR count). The molecule has 0 aliphatic carbocycles. The summed E-state index contributed by atoms with van der Waals surface area (Å²) in [5.41, 5.74) is 2.64. The number of rotatable bonds is 6. The van der Waals surface area contributed by atoms with Crippen molar-refractivity contribution >= 4 is 17.7 Å². The van der Waals surface area contributed by atoms with Crippen LogP contribution < -0.4 is 10.6 Å². The third-order valence-corrected chi connectivity index (χ3v) is 6.68. The molecule has 2 aliphatic heterocycles. The molecule has 1 aromatic carbocycles. The summed E-state index contributed by atoms with van der Waals surface area (Å²) in [4.78, 5) is 6.81. The lowest BCUT2D eigenvalue weighted by Crippen LogP contribution is -2.43. The monoisotopic (exact) mass is 376 g/mol. The molecule has 0 spiro atoms. The maximum absolute atomic E-state index is 5.41. The molecule has 2 N–H and O–H groups in total. The van der Waals surface area contributed by atoms with Crippen LogP contribution in [-0.2, 0) is 17.8 Å². The zero-order chi connectivity index (χ0) is 18.2. The number of nitrogens with zero attached hydrogens (tertiary/aromatic N) is 2. The van der Waals surface area contributed by atoms with E-state index in [2.05, 4.69) is 63.5 Å². The van der Waals surface area contributed by atoms with Crippen molar-refractivity contribution in [2.24, 2.45) is 4.99 Å². The fourth-order valence-corrected chi connectivity index (χ4v) is 4.68. The Morgan fingerprint density at radius 2 is 1.92 bits per heavy atom. The van der Waals surface area contributed by atoms with Gasteiger partial charge in [0.1, 0.15) is 0 Å². The van der Waals surface area contributed by atoms with Gasteiger partial charge in [-0.3, -0.25) is 9.89 Å². The summed E-state index contributed by atoms with van der Waals surface area (Å²) >= 11 is 2.07. The van der Waals surface area contributed by atoms with Gasteiger partial charge in [0.15, 0.2) is 5.96 Å². The molecule has 2 saturated heterocycles. The van der Waals surface area contributed by atoms with Crippen molar-refractivity contribution in [1.82, 2.24) is 15.5 Å². The van der Waals surface area contributed by atoms with Crippen molar-refractivity contribution in [2.75, 3.05) is 45.6 Å². The lowest BCUT2D eigenvalue weighted by atomic mass is 10.1. The smallest absolute Gasteiger partial charge is 0.191 e. The first-order valence-electron chi connectivity index (χ1n) is 9.63. The maximum Gasteiger partial charge on any atom is 0.191 e. The molecule has 2 aliphatic rings. The molecule has 1 aromatic rings. The fraction of sp³-hybridized carbons (Fsp3) is 0.650. The van der Waals surface area contributed by atoms with Crippen LogP contribution in [0.3, 0.4) is 0 Å². The quantitative estimate of drug-likeness (QED) is 0.590. The molecule has 0 saturated carbocycles. The second-order valence-corrected chi connectivity index (χ2v) is 9.07. The van der Waals surface area contributed by atoms with Crippen LogP contribution >= 0.6 is 11.8 Å². The molecule has 5 nitrogen and oxygen atoms in total. The third kappa shape index (κ3) is 5.89. The molecule has 0 bridgehead atoms. The Morgan fingerprint density at radius 1 is 1.19 bits per heavy atom. The molecule has 2 fully saturated rings. The Kier molecular flexibility index (Phi) is 7.23. The normalized spacial score (nSPS) is 24.6. The molecular formula is C20H32N4OS. The average Bonchev–Trinajstić information content (AvgIpc) is 3.11. The summed E-state index contributed by atoms with van der Waals surface area (Å²) in [5, 5.41) is 6.92. The first-order valence-corrected chi connectivity index (χ1v) is 10.6. The molecule has 6 heteroatoms. The van der Waals surface area contributed by atoms with Gasteiger partial charge < -0.3 is 15.4 Å². The number of aliphatic imine (C=N–C) groups is 1. The number of nitrogens with one attached hydrogen (secondary N) is 2. The summed E-state index contributed by atoms with van der Waals surface area (Å²) in [7, 11) is 1.84. The van der Waals surface area contributed by atoms with Crippen molar-refractivity contribution in [3.63, 3.8) is 0 Å². The standard InChI is InChI=1S/C20H32N4OS/c1-20(8-3-13-26-20)16-23-19(21-2)22-14-17-4-6-18(7-5-17)15-24-9-11-25-12-10-24/h4-7H,3,8-16H2,1-2H3,(H2,21,22,23). The average molecular weight is 377 g/mol. The number of hydrogen-bond acceptors (Lipinski definition) is 4. The van der Waals surface area contributed by atoms with E-state index >= 15 is 0 Å². The van der Waals surface area contributed by atoms with Crippen molar-refractivity contribution in [3.8, 4) is 0 Å². The summed E-state index contributed by atoms with van der Waals surface area (Å²) in [6, 6.07) is 8.89. The predicted molar refractivity (Wildman–Crippen MR) is 111 cm³/mol. The second kappa shape index (κ2) is 9.62. The van der Waals surface area contributed by atoms with Gasteiger partial charge in [-0.15, -0.1) is 0 Å². The Bertz CT molecular complexity index is 578. The largest absolute Gasteiger partial charge is 0.379 e. The zero-order valence-electron chi connectivity index (χ0n) is 16.1. The van der Waals surface area contributed by atoms with E-state index in [1.54, 1.807) is 0 Å². The van der Waals surface area contributed by atoms with E-state index in [-0.39, 0.29) is 0 Å². The molecule has 144 valence electrons. The highest BCUT2D eigenvalue weighted by Gasteiger charge is 2.29. The molecule has 26 heavy (non-hydrogen) atoms. The molecule has 0 amide bonds. The lowest BCUT2D eigenvalue weighted by molar-refractivity contribution is 0.0342. The summed E-state index contributed by atoms with van der Waals surface area (Å²) < 4.78 is 5.76. The Balaban J connectivity index is 1.42. The van der Waals surface area contributed by atoms with Crippen molar-refractivity contribution in [3.05, 3.63) is 35.4 Å². The highest BCUT2D eigenvalue weighted by atomic mass is 32.2. The number of thioether (sulfide) groups is 1. The second-order valence-electron chi connectivity index (χ2n) is 7.39. The van der Waals surface area contributed by atoms with Gasteiger partial charge in [0, 0.05) is 44.5 Å². The minimum Gasteiger partial charge on any atom is -0.379 e. The molecule has 0 radical (unpaired) electrons. The van der Waals surface area contributed by atoms with E-state index in [1.165, 1.54) is 29.7 Å². The third-order valence-electron chi connectivity index (χ3n) is 5.15. The highest BCUT2D eigenvalue weighted by Crippen LogP contribution is 2.36. The summed E-state index contributed by atoms with van der Waals surface area (Å²) in [6.07, 6.45) is 2.61. The van der Waals surface area contributed by atoms with Crippen LogP contribution in [0.4, 0.5) is 0 Å². The lowest BCUT2D eigenvalue weighted by Gasteiger charge is -2.26. The van der Waals surface area contributed by atoms with E-state index in [0.717, 1.165) is 51.9 Å². The minimum atomic E-state index is 0.346. The van der Waals surface area contributed by atoms with E-state index in [9.17, 15) is 0 Å². The Hall–Kier alpha value is -1.24. The number of ether oxygens (including phenoxy) is 1. The van der Waals surface area contributed by atoms with E-state index in [0.29, 0.717) is 4.75 Å². The van der Waals surface area contributed by atoms with E-state index in [1.807, 2.05) is 7.05 Å². The van der Waals surface area contributed by atoms with Crippen LogP contribution in [0, 0.1) is 0 Å². The van der Waals surface area contributed by atoms with Crippen LogP contribution in [-0.4, -0.2) is 61.3 Å². The predicted octanol–water partition coefficient (Wildman–Crippen LogP) is 2.47. The van der Waals surface area contributed by atoms with Crippen LogP contribution in [0.25, 0.3) is 0 Å². The van der Waals surface area contributed by atoms with Gasteiger partial charge in [-0.05, 0) is 36.6 Å². The van der Waals surface area contributed by atoms with Crippen LogP contribution in [0.2, 0.25) is 0 Å². The van der Waals surface area contributed by atoms with E-state index < -0.39 is 0 Å². The van der Waals surface area contributed by atoms with Crippen molar-refractivity contribution in [1.29, 1.82) is 0 Å². The zero-order valence-corrected chi connectivity index (χ0v) is 16.9. The van der Waals surface area contributed by atoms with Crippen LogP contribution in [0.5, 0.6) is 0 Å². The molecule has 1 unspecified atom stereocenters. The number of hydrogen-bond donors (Lipinski definition) is 2. The van der Waals surface area contributed by atoms with Gasteiger partial charge >= 0.3 is 0 Å². The highest BCUT2D eigenvalue weighted by molar-refractivity contribution is 8.00. The topological polar surface area (TPSA) is 48.9 Å². The van der Waals surface area contributed by atoms with Gasteiger partial charge in [0.05, 0.1) is 13.2 Å². The number of guanidine groups is 1.